The van der Waals surface area contributed by atoms with Crippen molar-refractivity contribution in [3.63, 3.8) is 0 Å². The highest BCUT2D eigenvalue weighted by molar-refractivity contribution is 7.92. The van der Waals surface area contributed by atoms with Crippen LogP contribution in [0.15, 0.2) is 17.0 Å². The van der Waals surface area contributed by atoms with Crippen LogP contribution in [0.1, 0.15) is 27.7 Å². The minimum atomic E-state index is -5.24. The number of anilines is 2. The fourth-order valence-electron chi connectivity index (χ4n) is 3.04. The van der Waals surface area contributed by atoms with Crippen molar-refractivity contribution in [3.8, 4) is 0 Å². The Balaban J connectivity index is 2.54. The molecule has 0 spiro atoms. The normalized spacial score (nSPS) is 17.3. The third kappa shape index (κ3) is 4.96. The van der Waals surface area contributed by atoms with Crippen molar-refractivity contribution < 1.29 is 36.3 Å². The van der Waals surface area contributed by atoms with Crippen LogP contribution in [0.2, 0.25) is 5.02 Å². The Kier molecular flexibility index (Phi) is 7.42. The van der Waals surface area contributed by atoms with Crippen LogP contribution >= 0.6 is 11.6 Å². The summed E-state index contributed by atoms with van der Waals surface area (Å²) in [6, 6.07) is 2.24. The number of sulfone groups is 1. The van der Waals surface area contributed by atoms with Crippen molar-refractivity contribution in [1.82, 2.24) is 4.90 Å². The standard InChI is InChI=1S/C19H25ClF3N3O5S/c1-11(2)32(30,31)14-6-5-13(24-17(28)18(4,29)19(21,22)23)15(20)16(14)26-9-7-25(8-10-26)12(3)27/h5-6,11,29H,7-10H2,1-4H3,(H,24,28)/t18-/m1/s1. The highest BCUT2D eigenvalue weighted by Crippen LogP contribution is 2.41. The number of carbonyl (C=O) groups is 2. The lowest BCUT2D eigenvalue weighted by atomic mass is 10.1. The van der Waals surface area contributed by atoms with Crippen LogP contribution in [0, 0.1) is 0 Å². The van der Waals surface area contributed by atoms with E-state index in [1.54, 1.807) is 9.80 Å². The number of hydrogen-bond donors (Lipinski definition) is 2. The van der Waals surface area contributed by atoms with Gasteiger partial charge in [0.05, 0.1) is 26.5 Å². The summed E-state index contributed by atoms with van der Waals surface area (Å²) in [6.45, 7) is 5.65. The molecule has 0 aliphatic carbocycles. The van der Waals surface area contributed by atoms with Crippen molar-refractivity contribution in [2.75, 3.05) is 36.4 Å². The number of benzene rings is 1. The van der Waals surface area contributed by atoms with E-state index in [2.05, 4.69) is 0 Å². The van der Waals surface area contributed by atoms with Crippen molar-refractivity contribution in [2.24, 2.45) is 0 Å². The number of aliphatic hydroxyl groups is 1. The molecule has 2 rings (SSSR count). The Bertz CT molecular complexity index is 1000. The van der Waals surface area contributed by atoms with Crippen molar-refractivity contribution in [2.45, 2.75) is 49.6 Å². The Morgan fingerprint density at radius 2 is 1.69 bits per heavy atom. The van der Waals surface area contributed by atoms with Crippen LogP contribution < -0.4 is 10.2 Å². The zero-order valence-electron chi connectivity index (χ0n) is 18.0. The molecule has 0 radical (unpaired) electrons. The van der Waals surface area contributed by atoms with Gasteiger partial charge in [-0.05, 0) is 32.9 Å². The predicted molar refractivity (Wildman–Crippen MR) is 114 cm³/mol. The maximum absolute atomic E-state index is 13.0. The molecule has 1 aliphatic rings. The summed E-state index contributed by atoms with van der Waals surface area (Å²) in [5.41, 5.74) is -3.95. The molecule has 1 atom stereocenters. The van der Waals surface area contributed by atoms with Gasteiger partial charge in [-0.2, -0.15) is 13.2 Å². The van der Waals surface area contributed by atoms with Crippen molar-refractivity contribution >= 4 is 44.6 Å². The Labute approximate surface area is 189 Å². The molecule has 2 N–H and O–H groups in total. The van der Waals surface area contributed by atoms with E-state index < -0.39 is 32.8 Å². The van der Waals surface area contributed by atoms with Gasteiger partial charge < -0.3 is 20.2 Å². The minimum absolute atomic E-state index is 0.0213. The summed E-state index contributed by atoms with van der Waals surface area (Å²) in [6.07, 6.45) is -5.24. The molecule has 2 amide bonds. The maximum Gasteiger partial charge on any atom is 0.426 e. The third-order valence-corrected chi connectivity index (χ3v) is 7.86. The lowest BCUT2D eigenvalue weighted by molar-refractivity contribution is -0.242. The van der Waals surface area contributed by atoms with Gasteiger partial charge in [-0.3, -0.25) is 9.59 Å². The molecule has 1 aliphatic heterocycles. The quantitative estimate of drug-likeness (QED) is 0.644. The molecule has 0 saturated carbocycles. The Morgan fingerprint density at radius 1 is 1.16 bits per heavy atom. The summed E-state index contributed by atoms with van der Waals surface area (Å²) in [7, 11) is -3.85. The molecule has 1 heterocycles. The number of amides is 2. The van der Waals surface area contributed by atoms with Crippen molar-refractivity contribution in [1.29, 1.82) is 0 Å². The summed E-state index contributed by atoms with van der Waals surface area (Å²) < 4.78 is 64.9. The number of piperazine rings is 1. The zero-order valence-corrected chi connectivity index (χ0v) is 19.5. The highest BCUT2D eigenvalue weighted by Gasteiger charge is 2.56. The van der Waals surface area contributed by atoms with Crippen LogP contribution in [0.3, 0.4) is 0 Å². The van der Waals surface area contributed by atoms with Crippen molar-refractivity contribution in [3.05, 3.63) is 17.2 Å². The number of alkyl halides is 3. The van der Waals surface area contributed by atoms with E-state index in [0.717, 1.165) is 12.1 Å². The summed E-state index contributed by atoms with van der Waals surface area (Å²) in [4.78, 5) is 26.7. The van der Waals surface area contributed by atoms with Gasteiger partial charge >= 0.3 is 6.18 Å². The van der Waals surface area contributed by atoms with E-state index in [4.69, 9.17) is 11.6 Å². The minimum Gasteiger partial charge on any atom is -0.373 e. The molecule has 1 saturated heterocycles. The SMILES string of the molecule is CC(=O)N1CCN(c2c(S(=O)(=O)C(C)C)ccc(NC(=O)[C@@](C)(O)C(F)(F)F)c2Cl)CC1. The summed E-state index contributed by atoms with van der Waals surface area (Å²) in [5, 5.41) is 10.4. The van der Waals surface area contributed by atoms with Gasteiger partial charge in [0, 0.05) is 33.1 Å². The molecule has 32 heavy (non-hydrogen) atoms. The first-order valence-corrected chi connectivity index (χ1v) is 11.6. The molecule has 180 valence electrons. The van der Waals surface area contributed by atoms with Crippen LogP contribution in [0.25, 0.3) is 0 Å². The summed E-state index contributed by atoms with van der Waals surface area (Å²) >= 11 is 6.40. The number of carbonyl (C=O) groups excluding carboxylic acids is 2. The largest absolute Gasteiger partial charge is 0.426 e. The van der Waals surface area contributed by atoms with Gasteiger partial charge in [-0.1, -0.05) is 11.6 Å². The second kappa shape index (κ2) is 9.06. The number of rotatable bonds is 5. The third-order valence-electron chi connectivity index (χ3n) is 5.29. The zero-order chi connectivity index (χ0) is 24.6. The topological polar surface area (TPSA) is 107 Å². The highest BCUT2D eigenvalue weighted by atomic mass is 35.5. The fourth-order valence-corrected chi connectivity index (χ4v) is 4.69. The Morgan fingerprint density at radius 3 is 2.12 bits per heavy atom. The molecule has 13 heteroatoms. The fraction of sp³-hybridized carbons (Fsp3) is 0.579. The molecule has 0 bridgehead atoms. The average Bonchev–Trinajstić information content (AvgIpc) is 2.68. The van der Waals surface area contributed by atoms with E-state index in [0.29, 0.717) is 6.92 Å². The van der Waals surface area contributed by atoms with E-state index in [1.165, 1.54) is 20.8 Å². The van der Waals surface area contributed by atoms with Gasteiger partial charge in [0.25, 0.3) is 5.91 Å². The first-order valence-electron chi connectivity index (χ1n) is 9.69. The van der Waals surface area contributed by atoms with Gasteiger partial charge in [0.1, 0.15) is 0 Å². The lowest BCUT2D eigenvalue weighted by Gasteiger charge is -2.37. The van der Waals surface area contributed by atoms with Gasteiger partial charge in [0.2, 0.25) is 11.5 Å². The first-order chi connectivity index (χ1) is 14.5. The number of halogens is 4. The molecular formula is C19H25ClF3N3O5S. The molecule has 1 aromatic rings. The van der Waals surface area contributed by atoms with E-state index in [1.807, 2.05) is 5.32 Å². The summed E-state index contributed by atoms with van der Waals surface area (Å²) in [5.74, 6) is -1.92. The lowest BCUT2D eigenvalue weighted by Crippen LogP contribution is -2.52. The maximum atomic E-state index is 13.0. The van der Waals surface area contributed by atoms with Crippen LogP contribution in [0.5, 0.6) is 0 Å². The Hall–Kier alpha value is -2.05. The van der Waals surface area contributed by atoms with Crippen LogP contribution in [-0.4, -0.2) is 73.4 Å². The number of nitrogens with one attached hydrogen (secondary N) is 1. The van der Waals surface area contributed by atoms with Gasteiger partial charge in [-0.25, -0.2) is 8.42 Å². The van der Waals surface area contributed by atoms with E-state index in [9.17, 15) is 36.3 Å². The second-order valence-electron chi connectivity index (χ2n) is 7.88. The second-order valence-corrected chi connectivity index (χ2v) is 10.7. The predicted octanol–water partition coefficient (Wildman–Crippen LogP) is 2.44. The molecular weight excluding hydrogens is 475 g/mol. The first kappa shape index (κ1) is 26.2. The van der Waals surface area contributed by atoms with E-state index >= 15 is 0 Å². The monoisotopic (exact) mass is 499 g/mol. The van der Waals surface area contributed by atoms with Crippen LogP contribution in [-0.2, 0) is 19.4 Å². The van der Waals surface area contributed by atoms with Crippen LogP contribution in [0.4, 0.5) is 24.5 Å². The number of hydrogen-bond acceptors (Lipinski definition) is 6. The smallest absolute Gasteiger partial charge is 0.373 e. The van der Waals surface area contributed by atoms with Gasteiger partial charge in [-0.15, -0.1) is 0 Å². The number of nitrogens with zero attached hydrogens (tertiary/aromatic N) is 2. The molecule has 1 aromatic carbocycles. The molecule has 0 aromatic heterocycles. The molecule has 1 fully saturated rings. The average molecular weight is 500 g/mol. The van der Waals surface area contributed by atoms with Gasteiger partial charge in [0.15, 0.2) is 9.84 Å². The molecule has 8 nitrogen and oxygen atoms in total. The van der Waals surface area contributed by atoms with E-state index in [-0.39, 0.29) is 53.4 Å². The molecule has 0 unspecified atom stereocenters.